The molecule has 4 nitrogen and oxygen atoms in total. The molecule has 0 saturated carbocycles. The first-order valence-corrected chi connectivity index (χ1v) is 2.90. The van der Waals surface area contributed by atoms with Crippen LogP contribution in [0.5, 0.6) is 0 Å². The molecule has 0 aromatic carbocycles. The first-order valence-electron chi connectivity index (χ1n) is 2.90. The van der Waals surface area contributed by atoms with Gasteiger partial charge in [-0.15, -0.1) is 0 Å². The first kappa shape index (κ1) is 6.19. The van der Waals surface area contributed by atoms with Gasteiger partial charge in [0.2, 0.25) is 5.96 Å². The van der Waals surface area contributed by atoms with Crippen LogP contribution < -0.4 is 0 Å². The summed E-state index contributed by atoms with van der Waals surface area (Å²) < 4.78 is 0. The normalized spacial score (nSPS) is 19.1. The van der Waals surface area contributed by atoms with Crippen LogP contribution in [-0.4, -0.2) is 48.2 Å². The van der Waals surface area contributed by atoms with Crippen LogP contribution in [0, 0.1) is 0 Å². The lowest BCUT2D eigenvalue weighted by molar-refractivity contribution is 0.301. The molecule has 0 spiro atoms. The maximum absolute atomic E-state index is 8.41. The SMILES string of the molecule is CN1CCN(C)C1=NO. The maximum Gasteiger partial charge on any atom is 0.238 e. The largest absolute Gasteiger partial charge is 0.408 e. The molecule has 1 fully saturated rings. The highest BCUT2D eigenvalue weighted by atomic mass is 16.4. The van der Waals surface area contributed by atoms with Crippen molar-refractivity contribution in [2.24, 2.45) is 5.16 Å². The summed E-state index contributed by atoms with van der Waals surface area (Å²) in [4.78, 5) is 3.81. The molecule has 0 atom stereocenters. The Bertz CT molecular complexity index is 122. The van der Waals surface area contributed by atoms with Crippen LogP contribution >= 0.6 is 0 Å². The Morgan fingerprint density at radius 2 is 1.78 bits per heavy atom. The molecule has 1 aliphatic heterocycles. The highest BCUT2D eigenvalue weighted by Crippen LogP contribution is 2.01. The predicted octanol–water partition coefficient (Wildman–Crippen LogP) is -0.391. The van der Waals surface area contributed by atoms with E-state index in [0.29, 0.717) is 5.96 Å². The highest BCUT2D eigenvalue weighted by molar-refractivity contribution is 5.80. The van der Waals surface area contributed by atoms with Crippen LogP contribution in [0.2, 0.25) is 0 Å². The molecule has 0 aromatic rings. The Hall–Kier alpha value is -0.930. The number of hydrogen-bond acceptors (Lipinski definition) is 2. The molecule has 0 amide bonds. The predicted molar refractivity (Wildman–Crippen MR) is 34.5 cm³/mol. The van der Waals surface area contributed by atoms with Crippen molar-refractivity contribution >= 4 is 5.96 Å². The molecule has 4 heteroatoms. The summed E-state index contributed by atoms with van der Waals surface area (Å²) >= 11 is 0. The first-order chi connectivity index (χ1) is 4.25. The van der Waals surface area contributed by atoms with Crippen molar-refractivity contribution < 1.29 is 5.21 Å². The molecule has 0 unspecified atom stereocenters. The highest BCUT2D eigenvalue weighted by Gasteiger charge is 2.19. The molecule has 1 N–H and O–H groups in total. The fourth-order valence-corrected chi connectivity index (χ4v) is 0.944. The van der Waals surface area contributed by atoms with E-state index in [1.54, 1.807) is 0 Å². The van der Waals surface area contributed by atoms with Crippen LogP contribution in [0.3, 0.4) is 0 Å². The topological polar surface area (TPSA) is 39.1 Å². The summed E-state index contributed by atoms with van der Waals surface area (Å²) in [6, 6.07) is 0. The second kappa shape index (κ2) is 2.13. The lowest BCUT2D eigenvalue weighted by Gasteiger charge is -2.12. The monoisotopic (exact) mass is 129 g/mol. The third kappa shape index (κ3) is 0.918. The Balaban J connectivity index is 2.66. The van der Waals surface area contributed by atoms with E-state index in [4.69, 9.17) is 5.21 Å². The van der Waals surface area contributed by atoms with E-state index in [0.717, 1.165) is 13.1 Å². The summed E-state index contributed by atoms with van der Waals surface area (Å²) in [5, 5.41) is 11.5. The molecule has 1 rings (SSSR count). The molecule has 0 radical (unpaired) electrons. The standard InChI is InChI=1S/C5H11N3O/c1-7-3-4-8(2)5(7)6-9/h9H,3-4H2,1-2H3. The Labute approximate surface area is 54.4 Å². The second-order valence-electron chi connectivity index (χ2n) is 2.24. The summed E-state index contributed by atoms with van der Waals surface area (Å²) in [5.41, 5.74) is 0. The molecule has 0 aliphatic carbocycles. The van der Waals surface area contributed by atoms with Gasteiger partial charge < -0.3 is 15.0 Å². The Morgan fingerprint density at radius 1 is 1.33 bits per heavy atom. The van der Waals surface area contributed by atoms with Gasteiger partial charge in [-0.25, -0.2) is 0 Å². The zero-order chi connectivity index (χ0) is 6.85. The fourth-order valence-electron chi connectivity index (χ4n) is 0.944. The van der Waals surface area contributed by atoms with Gasteiger partial charge in [0.1, 0.15) is 0 Å². The van der Waals surface area contributed by atoms with Crippen molar-refractivity contribution in [1.29, 1.82) is 0 Å². The quantitative estimate of drug-likeness (QED) is 0.357. The van der Waals surface area contributed by atoms with Crippen LogP contribution in [0.4, 0.5) is 0 Å². The van der Waals surface area contributed by atoms with Crippen LogP contribution in [-0.2, 0) is 0 Å². The molecule has 1 aliphatic rings. The van der Waals surface area contributed by atoms with Gasteiger partial charge in [-0.2, -0.15) is 0 Å². The van der Waals surface area contributed by atoms with Crippen molar-refractivity contribution in [2.75, 3.05) is 27.2 Å². The number of nitrogens with zero attached hydrogens (tertiary/aromatic N) is 3. The van der Waals surface area contributed by atoms with E-state index >= 15 is 0 Å². The van der Waals surface area contributed by atoms with E-state index in [1.165, 1.54) is 0 Å². The number of oxime groups is 1. The minimum absolute atomic E-state index is 0.648. The summed E-state index contributed by atoms with van der Waals surface area (Å²) in [6.45, 7) is 1.88. The Kier molecular flexibility index (Phi) is 1.46. The number of rotatable bonds is 0. The maximum atomic E-state index is 8.41. The van der Waals surface area contributed by atoms with Crippen LogP contribution in [0.1, 0.15) is 0 Å². The van der Waals surface area contributed by atoms with E-state index < -0.39 is 0 Å². The summed E-state index contributed by atoms with van der Waals surface area (Å²) in [7, 11) is 3.80. The smallest absolute Gasteiger partial charge is 0.238 e. The van der Waals surface area contributed by atoms with Crippen molar-refractivity contribution in [2.45, 2.75) is 0 Å². The van der Waals surface area contributed by atoms with Gasteiger partial charge in [0, 0.05) is 27.2 Å². The fraction of sp³-hybridized carbons (Fsp3) is 0.800. The number of guanidine groups is 1. The average molecular weight is 129 g/mol. The molecular formula is C5H11N3O. The summed E-state index contributed by atoms with van der Waals surface area (Å²) in [5.74, 6) is 0.648. The van der Waals surface area contributed by atoms with Gasteiger partial charge in [0.15, 0.2) is 0 Å². The molecule has 1 saturated heterocycles. The van der Waals surface area contributed by atoms with Crippen molar-refractivity contribution in [1.82, 2.24) is 9.80 Å². The number of hydrogen-bond donors (Lipinski definition) is 1. The lowest BCUT2D eigenvalue weighted by Crippen LogP contribution is -2.27. The minimum Gasteiger partial charge on any atom is -0.408 e. The zero-order valence-corrected chi connectivity index (χ0v) is 5.70. The van der Waals surface area contributed by atoms with E-state index in [1.807, 2.05) is 23.9 Å². The van der Waals surface area contributed by atoms with Crippen molar-refractivity contribution in [3.8, 4) is 0 Å². The minimum atomic E-state index is 0.648. The van der Waals surface area contributed by atoms with E-state index in [-0.39, 0.29) is 0 Å². The molecule has 52 valence electrons. The average Bonchev–Trinajstić information content (AvgIpc) is 2.12. The van der Waals surface area contributed by atoms with Gasteiger partial charge in [-0.05, 0) is 0 Å². The van der Waals surface area contributed by atoms with E-state index in [2.05, 4.69) is 5.16 Å². The number of likely N-dealkylation sites (N-methyl/N-ethyl adjacent to an activating group) is 2. The lowest BCUT2D eigenvalue weighted by atomic mass is 10.6. The van der Waals surface area contributed by atoms with Gasteiger partial charge in [0.05, 0.1) is 0 Å². The molecule has 0 aromatic heterocycles. The second-order valence-corrected chi connectivity index (χ2v) is 2.24. The third-order valence-corrected chi connectivity index (χ3v) is 1.54. The van der Waals surface area contributed by atoms with Gasteiger partial charge in [0.25, 0.3) is 0 Å². The summed E-state index contributed by atoms with van der Waals surface area (Å²) in [6.07, 6.45) is 0. The zero-order valence-electron chi connectivity index (χ0n) is 5.70. The molecule has 0 bridgehead atoms. The van der Waals surface area contributed by atoms with Crippen LogP contribution in [0.25, 0.3) is 0 Å². The van der Waals surface area contributed by atoms with Crippen LogP contribution in [0.15, 0.2) is 5.16 Å². The van der Waals surface area contributed by atoms with Crippen molar-refractivity contribution in [3.63, 3.8) is 0 Å². The molecule has 1 heterocycles. The van der Waals surface area contributed by atoms with Crippen molar-refractivity contribution in [3.05, 3.63) is 0 Å². The van der Waals surface area contributed by atoms with Gasteiger partial charge in [-0.1, -0.05) is 5.16 Å². The van der Waals surface area contributed by atoms with Gasteiger partial charge in [-0.3, -0.25) is 0 Å². The molecule has 9 heavy (non-hydrogen) atoms. The molecular weight excluding hydrogens is 118 g/mol. The Morgan fingerprint density at radius 3 is 2.00 bits per heavy atom. The third-order valence-electron chi connectivity index (χ3n) is 1.54. The van der Waals surface area contributed by atoms with Gasteiger partial charge >= 0.3 is 0 Å². The van der Waals surface area contributed by atoms with E-state index in [9.17, 15) is 0 Å².